The lowest BCUT2D eigenvalue weighted by Crippen LogP contribution is -2.44. The highest BCUT2D eigenvalue weighted by molar-refractivity contribution is 7.98. The van der Waals surface area contributed by atoms with Gasteiger partial charge in [-0.3, -0.25) is 14.6 Å². The molecule has 1 aromatic heterocycles. The number of primary amides is 1. The summed E-state index contributed by atoms with van der Waals surface area (Å²) in [6, 6.07) is 18.1. The van der Waals surface area contributed by atoms with Crippen molar-refractivity contribution < 1.29 is 14.3 Å². The van der Waals surface area contributed by atoms with Crippen LogP contribution in [0, 0.1) is 0 Å². The van der Waals surface area contributed by atoms with Crippen LogP contribution in [-0.4, -0.2) is 34.8 Å². The number of nitrogens with zero attached hydrogens (tertiary/aromatic N) is 1. The summed E-state index contributed by atoms with van der Waals surface area (Å²) in [5, 5.41) is 2.79. The first-order chi connectivity index (χ1) is 15.1. The molecule has 3 rings (SSSR count). The number of rotatable bonds is 10. The molecule has 1 heterocycles. The van der Waals surface area contributed by atoms with Gasteiger partial charge >= 0.3 is 0 Å². The topological polar surface area (TPSA) is 94.3 Å². The molecule has 2 aromatic carbocycles. The Kier molecular flexibility index (Phi) is 8.06. The van der Waals surface area contributed by atoms with Crippen LogP contribution < -0.4 is 15.8 Å². The Hall–Kier alpha value is -3.32. The molecular formula is C24H25N3O3S. The number of hydrogen-bond donors (Lipinski definition) is 2. The van der Waals surface area contributed by atoms with E-state index in [0.717, 1.165) is 22.4 Å². The Bertz CT molecular complexity index is 1010. The first-order valence-corrected chi connectivity index (χ1v) is 11.3. The van der Waals surface area contributed by atoms with Crippen LogP contribution in [0.5, 0.6) is 5.75 Å². The lowest BCUT2D eigenvalue weighted by Gasteiger charge is -2.17. The molecule has 3 aromatic rings. The number of aromatic nitrogens is 1. The van der Waals surface area contributed by atoms with Gasteiger partial charge < -0.3 is 15.8 Å². The highest BCUT2D eigenvalue weighted by Gasteiger charge is 2.21. The van der Waals surface area contributed by atoms with Gasteiger partial charge in [0, 0.05) is 11.8 Å². The van der Waals surface area contributed by atoms with Gasteiger partial charge in [-0.15, -0.1) is 0 Å². The number of nitrogens with one attached hydrogen (secondary N) is 1. The monoisotopic (exact) mass is 435 g/mol. The zero-order valence-corrected chi connectivity index (χ0v) is 18.1. The quantitative estimate of drug-likeness (QED) is 0.507. The van der Waals surface area contributed by atoms with Crippen molar-refractivity contribution in [2.45, 2.75) is 19.1 Å². The molecular weight excluding hydrogens is 410 g/mol. The molecule has 31 heavy (non-hydrogen) atoms. The predicted octanol–water partition coefficient (Wildman–Crippen LogP) is 3.66. The molecule has 0 saturated carbocycles. The maximum Gasteiger partial charge on any atom is 0.252 e. The Morgan fingerprint density at radius 2 is 1.94 bits per heavy atom. The van der Waals surface area contributed by atoms with E-state index >= 15 is 0 Å². The van der Waals surface area contributed by atoms with Crippen molar-refractivity contribution in [3.8, 4) is 16.9 Å². The predicted molar refractivity (Wildman–Crippen MR) is 124 cm³/mol. The van der Waals surface area contributed by atoms with Gasteiger partial charge in [-0.05, 0) is 59.4 Å². The minimum absolute atomic E-state index is 0.330. The van der Waals surface area contributed by atoms with Crippen molar-refractivity contribution in [3.63, 3.8) is 0 Å². The summed E-state index contributed by atoms with van der Waals surface area (Å²) in [5.41, 5.74) is 8.54. The van der Waals surface area contributed by atoms with Crippen molar-refractivity contribution in [1.29, 1.82) is 0 Å². The molecule has 0 spiro atoms. The number of ether oxygens (including phenoxy) is 1. The maximum atomic E-state index is 13.0. The third-order valence-corrected chi connectivity index (χ3v) is 5.36. The zero-order chi connectivity index (χ0) is 22.1. The van der Waals surface area contributed by atoms with E-state index in [-0.39, 0.29) is 5.91 Å². The first kappa shape index (κ1) is 22.4. The highest BCUT2D eigenvalue weighted by Crippen LogP contribution is 2.26. The first-order valence-electron chi connectivity index (χ1n) is 9.88. The SMILES string of the molecule is CSCC[C@H](NC(=O)c1ccc(COc2cccnc2)cc1-c1ccccc1)C(N)=O. The number of pyridine rings is 1. The van der Waals surface area contributed by atoms with Gasteiger partial charge in [0.05, 0.1) is 6.20 Å². The molecule has 2 amide bonds. The maximum absolute atomic E-state index is 13.0. The number of carbonyl (C=O) groups excluding carboxylic acids is 2. The summed E-state index contributed by atoms with van der Waals surface area (Å²) < 4.78 is 5.80. The van der Waals surface area contributed by atoms with Crippen molar-refractivity contribution in [2.75, 3.05) is 12.0 Å². The van der Waals surface area contributed by atoms with Gasteiger partial charge in [-0.1, -0.05) is 36.4 Å². The molecule has 0 aliphatic rings. The van der Waals surface area contributed by atoms with Gasteiger partial charge in [0.2, 0.25) is 5.91 Å². The van der Waals surface area contributed by atoms with Gasteiger partial charge in [0.1, 0.15) is 18.4 Å². The van der Waals surface area contributed by atoms with E-state index in [1.54, 1.807) is 30.2 Å². The van der Waals surface area contributed by atoms with E-state index in [2.05, 4.69) is 10.3 Å². The van der Waals surface area contributed by atoms with E-state index in [9.17, 15) is 9.59 Å². The molecule has 0 bridgehead atoms. The largest absolute Gasteiger partial charge is 0.487 e. The van der Waals surface area contributed by atoms with E-state index in [1.165, 1.54) is 0 Å². The number of nitrogens with two attached hydrogens (primary N) is 1. The second-order valence-electron chi connectivity index (χ2n) is 6.93. The van der Waals surface area contributed by atoms with Crippen molar-refractivity contribution in [1.82, 2.24) is 10.3 Å². The van der Waals surface area contributed by atoms with Gasteiger partial charge in [0.25, 0.3) is 5.91 Å². The highest BCUT2D eigenvalue weighted by atomic mass is 32.2. The van der Waals surface area contributed by atoms with E-state index in [0.29, 0.717) is 24.3 Å². The second kappa shape index (κ2) is 11.2. The Labute approximate surface area is 186 Å². The average Bonchev–Trinajstić information content (AvgIpc) is 2.81. The number of thioether (sulfide) groups is 1. The number of amides is 2. The fraction of sp³-hybridized carbons (Fsp3) is 0.208. The molecule has 6 nitrogen and oxygen atoms in total. The molecule has 7 heteroatoms. The average molecular weight is 436 g/mol. The van der Waals surface area contributed by atoms with E-state index in [4.69, 9.17) is 10.5 Å². The van der Waals surface area contributed by atoms with Gasteiger partial charge in [-0.25, -0.2) is 0 Å². The minimum atomic E-state index is -0.711. The number of benzene rings is 2. The van der Waals surface area contributed by atoms with Crippen LogP contribution in [0.15, 0.2) is 73.1 Å². The Balaban J connectivity index is 1.86. The Morgan fingerprint density at radius 1 is 1.13 bits per heavy atom. The van der Waals surface area contributed by atoms with Crippen LogP contribution in [0.25, 0.3) is 11.1 Å². The Morgan fingerprint density at radius 3 is 2.61 bits per heavy atom. The molecule has 0 fully saturated rings. The van der Waals surface area contributed by atoms with Crippen LogP contribution >= 0.6 is 11.8 Å². The molecule has 0 aliphatic carbocycles. The lowest BCUT2D eigenvalue weighted by atomic mass is 9.96. The summed E-state index contributed by atoms with van der Waals surface area (Å²) in [6.07, 6.45) is 5.77. The van der Waals surface area contributed by atoms with E-state index in [1.807, 2.05) is 60.9 Å². The summed E-state index contributed by atoms with van der Waals surface area (Å²) >= 11 is 1.60. The van der Waals surface area contributed by atoms with Crippen LogP contribution in [0.4, 0.5) is 0 Å². The second-order valence-corrected chi connectivity index (χ2v) is 7.92. The molecule has 0 aliphatic heterocycles. The molecule has 0 unspecified atom stereocenters. The standard InChI is InChI=1S/C24H25N3O3S/c1-31-13-11-22(23(25)28)27-24(29)20-10-9-17(16-30-19-8-5-12-26-15-19)14-21(20)18-6-3-2-4-7-18/h2-10,12,14-15,22H,11,13,16H2,1H3,(H2,25,28)(H,27,29)/t22-/m0/s1. The summed E-state index contributed by atoms with van der Waals surface area (Å²) in [5.74, 6) is 0.529. The lowest BCUT2D eigenvalue weighted by molar-refractivity contribution is -0.119. The van der Waals surface area contributed by atoms with Gasteiger partial charge in [-0.2, -0.15) is 11.8 Å². The fourth-order valence-electron chi connectivity index (χ4n) is 3.09. The number of hydrogen-bond acceptors (Lipinski definition) is 5. The minimum Gasteiger partial charge on any atom is -0.487 e. The van der Waals surface area contributed by atoms with Crippen LogP contribution in [-0.2, 0) is 11.4 Å². The van der Waals surface area contributed by atoms with Crippen LogP contribution in [0.1, 0.15) is 22.3 Å². The molecule has 160 valence electrons. The third-order valence-electron chi connectivity index (χ3n) is 4.71. The molecule has 1 atom stereocenters. The van der Waals surface area contributed by atoms with Crippen LogP contribution in [0.3, 0.4) is 0 Å². The van der Waals surface area contributed by atoms with Crippen LogP contribution in [0.2, 0.25) is 0 Å². The number of carbonyl (C=O) groups is 2. The summed E-state index contributed by atoms with van der Waals surface area (Å²) in [4.78, 5) is 28.9. The summed E-state index contributed by atoms with van der Waals surface area (Å²) in [7, 11) is 0. The smallest absolute Gasteiger partial charge is 0.252 e. The third kappa shape index (κ3) is 6.33. The normalized spacial score (nSPS) is 11.5. The molecule has 3 N–H and O–H groups in total. The van der Waals surface area contributed by atoms with Crippen molar-refractivity contribution >= 4 is 23.6 Å². The van der Waals surface area contributed by atoms with Crippen molar-refractivity contribution in [3.05, 3.63) is 84.2 Å². The fourth-order valence-corrected chi connectivity index (χ4v) is 3.56. The van der Waals surface area contributed by atoms with Gasteiger partial charge in [0.15, 0.2) is 0 Å². The van der Waals surface area contributed by atoms with E-state index < -0.39 is 11.9 Å². The van der Waals surface area contributed by atoms with Crippen molar-refractivity contribution in [2.24, 2.45) is 5.73 Å². The molecule has 0 radical (unpaired) electrons. The zero-order valence-electron chi connectivity index (χ0n) is 17.3. The summed E-state index contributed by atoms with van der Waals surface area (Å²) in [6.45, 7) is 0.338. The molecule has 0 saturated heterocycles.